The topological polar surface area (TPSA) is 65.1 Å². The number of hydrogen-bond acceptors (Lipinski definition) is 6. The first-order valence-corrected chi connectivity index (χ1v) is 9.14. The van der Waals surface area contributed by atoms with Crippen molar-refractivity contribution in [2.75, 3.05) is 21.2 Å². The van der Waals surface area contributed by atoms with Gasteiger partial charge in [0.1, 0.15) is 11.5 Å². The van der Waals surface area contributed by atoms with Crippen LogP contribution < -0.4 is 9.47 Å². The summed E-state index contributed by atoms with van der Waals surface area (Å²) in [4.78, 5) is 25.2. The van der Waals surface area contributed by atoms with Crippen molar-refractivity contribution in [2.24, 2.45) is 0 Å². The van der Waals surface area contributed by atoms with Crippen LogP contribution in [0.25, 0.3) is 0 Å². The van der Waals surface area contributed by atoms with Crippen molar-refractivity contribution < 1.29 is 23.8 Å². The van der Waals surface area contributed by atoms with Crippen LogP contribution in [0.4, 0.5) is 0 Å². The van der Waals surface area contributed by atoms with Gasteiger partial charge in [0.15, 0.2) is 6.23 Å². The van der Waals surface area contributed by atoms with Crippen LogP contribution in [0.2, 0.25) is 0 Å². The number of benzene rings is 2. The smallest absolute Gasteiger partial charge is 0.316 e. The van der Waals surface area contributed by atoms with E-state index in [0.717, 1.165) is 29.7 Å². The molecule has 0 aliphatic heterocycles. The van der Waals surface area contributed by atoms with E-state index in [1.807, 2.05) is 42.5 Å². The largest absolute Gasteiger partial charge is 0.497 e. The van der Waals surface area contributed by atoms with Gasteiger partial charge in [0, 0.05) is 6.92 Å². The van der Waals surface area contributed by atoms with Crippen molar-refractivity contribution in [1.82, 2.24) is 4.90 Å². The molecule has 1 atom stereocenters. The summed E-state index contributed by atoms with van der Waals surface area (Å²) < 4.78 is 16.0. The molecule has 6 nitrogen and oxygen atoms in total. The monoisotopic (exact) mass is 385 g/mol. The molecular formula is C22H27NO5. The van der Waals surface area contributed by atoms with Crippen LogP contribution in [-0.4, -0.2) is 44.3 Å². The van der Waals surface area contributed by atoms with Gasteiger partial charge in [-0.3, -0.25) is 14.5 Å². The number of nitrogens with zero attached hydrogens (tertiary/aromatic N) is 1. The lowest BCUT2D eigenvalue weighted by atomic mass is 10.0. The van der Waals surface area contributed by atoms with Crippen LogP contribution in [0.3, 0.4) is 0 Å². The summed E-state index contributed by atoms with van der Waals surface area (Å²) in [7, 11) is 5.12. The van der Waals surface area contributed by atoms with Crippen molar-refractivity contribution in [3.05, 3.63) is 59.7 Å². The fourth-order valence-corrected chi connectivity index (χ4v) is 2.75. The molecule has 1 unspecified atom stereocenters. The van der Waals surface area contributed by atoms with Crippen LogP contribution in [0, 0.1) is 0 Å². The predicted molar refractivity (Wildman–Crippen MR) is 106 cm³/mol. The lowest BCUT2D eigenvalue weighted by Gasteiger charge is -2.22. The van der Waals surface area contributed by atoms with E-state index in [4.69, 9.17) is 14.2 Å². The minimum absolute atomic E-state index is 0.0448. The Morgan fingerprint density at radius 2 is 1.79 bits per heavy atom. The number of ether oxygens (including phenoxy) is 3. The Morgan fingerprint density at radius 3 is 2.46 bits per heavy atom. The second-order valence-electron chi connectivity index (χ2n) is 6.67. The Balaban J connectivity index is 2.02. The molecule has 0 saturated carbocycles. The molecule has 2 rings (SSSR count). The maximum atomic E-state index is 12.4. The molecular weight excluding hydrogens is 358 g/mol. The zero-order valence-corrected chi connectivity index (χ0v) is 16.8. The standard InChI is InChI=1S/C22H27NO5/c1-16(24)27-21(23(2)3)15-22(25)28-20-11-6-5-9-18(20)13-12-17-8-7-10-19(14-17)26-4/h5-11,14,21H,12-13,15H2,1-4H3. The van der Waals surface area contributed by atoms with Gasteiger partial charge in [0.25, 0.3) is 0 Å². The van der Waals surface area contributed by atoms with E-state index in [9.17, 15) is 9.59 Å². The molecule has 6 heteroatoms. The average molecular weight is 385 g/mol. The molecule has 2 aromatic carbocycles. The normalized spacial score (nSPS) is 11.8. The molecule has 2 aromatic rings. The van der Waals surface area contributed by atoms with Crippen molar-refractivity contribution in [3.8, 4) is 11.5 Å². The Hall–Kier alpha value is -2.86. The molecule has 0 aromatic heterocycles. The van der Waals surface area contributed by atoms with Crippen LogP contribution in [0.15, 0.2) is 48.5 Å². The third-order valence-corrected chi connectivity index (χ3v) is 4.23. The highest BCUT2D eigenvalue weighted by Crippen LogP contribution is 2.22. The highest BCUT2D eigenvalue weighted by Gasteiger charge is 2.21. The van der Waals surface area contributed by atoms with Crippen molar-refractivity contribution in [2.45, 2.75) is 32.4 Å². The van der Waals surface area contributed by atoms with E-state index in [-0.39, 0.29) is 6.42 Å². The second-order valence-corrected chi connectivity index (χ2v) is 6.67. The SMILES string of the molecule is COc1cccc(CCc2ccccc2OC(=O)CC(OC(C)=O)N(C)C)c1. The fraction of sp³-hybridized carbons (Fsp3) is 0.364. The molecule has 0 aliphatic rings. The van der Waals surface area contributed by atoms with Gasteiger partial charge >= 0.3 is 11.9 Å². The zero-order valence-electron chi connectivity index (χ0n) is 16.8. The molecule has 28 heavy (non-hydrogen) atoms. The van der Waals surface area contributed by atoms with Crippen molar-refractivity contribution in [1.29, 1.82) is 0 Å². The molecule has 0 spiro atoms. The first-order chi connectivity index (χ1) is 13.4. The number of methoxy groups -OCH3 is 1. The number of carbonyl (C=O) groups excluding carboxylic acids is 2. The van der Waals surface area contributed by atoms with Gasteiger partial charge in [-0.1, -0.05) is 30.3 Å². The molecule has 0 amide bonds. The van der Waals surface area contributed by atoms with E-state index in [2.05, 4.69) is 0 Å². The first kappa shape index (κ1) is 21.4. The summed E-state index contributed by atoms with van der Waals surface area (Å²) in [6.45, 7) is 1.32. The van der Waals surface area contributed by atoms with E-state index < -0.39 is 18.2 Å². The van der Waals surface area contributed by atoms with Gasteiger partial charge in [0.05, 0.1) is 13.5 Å². The van der Waals surface area contributed by atoms with Gasteiger partial charge in [-0.25, -0.2) is 0 Å². The summed E-state index contributed by atoms with van der Waals surface area (Å²) >= 11 is 0. The third kappa shape index (κ3) is 6.70. The van der Waals surface area contributed by atoms with Crippen LogP contribution in [0.1, 0.15) is 24.5 Å². The number of carbonyl (C=O) groups is 2. The highest BCUT2D eigenvalue weighted by atomic mass is 16.6. The summed E-state index contributed by atoms with van der Waals surface area (Å²) in [5.74, 6) is 0.451. The molecule has 150 valence electrons. The van der Waals surface area contributed by atoms with E-state index in [1.54, 1.807) is 32.2 Å². The second kappa shape index (κ2) is 10.5. The van der Waals surface area contributed by atoms with Crippen molar-refractivity contribution >= 4 is 11.9 Å². The minimum atomic E-state index is -0.658. The summed E-state index contributed by atoms with van der Waals surface area (Å²) in [5, 5.41) is 0. The number of esters is 2. The number of aryl methyl sites for hydroxylation is 2. The van der Waals surface area contributed by atoms with E-state index in [1.165, 1.54) is 6.92 Å². The molecule has 0 fully saturated rings. The molecule has 0 N–H and O–H groups in total. The van der Waals surface area contributed by atoms with Gasteiger partial charge in [-0.05, 0) is 56.3 Å². The maximum absolute atomic E-state index is 12.4. The Bertz CT molecular complexity index is 803. The zero-order chi connectivity index (χ0) is 20.5. The minimum Gasteiger partial charge on any atom is -0.497 e. The fourth-order valence-electron chi connectivity index (χ4n) is 2.75. The van der Waals surface area contributed by atoms with Crippen LogP contribution >= 0.6 is 0 Å². The van der Waals surface area contributed by atoms with Gasteiger partial charge in [0.2, 0.25) is 0 Å². The number of para-hydroxylation sites is 1. The summed E-state index contributed by atoms with van der Waals surface area (Å²) in [6, 6.07) is 15.4. The lowest BCUT2D eigenvalue weighted by Crippen LogP contribution is -2.35. The van der Waals surface area contributed by atoms with Gasteiger partial charge in [-0.2, -0.15) is 0 Å². The van der Waals surface area contributed by atoms with Crippen LogP contribution in [0.5, 0.6) is 11.5 Å². The Morgan fingerprint density at radius 1 is 1.04 bits per heavy atom. The van der Waals surface area contributed by atoms with Crippen molar-refractivity contribution in [3.63, 3.8) is 0 Å². The molecule has 0 bridgehead atoms. The summed E-state index contributed by atoms with van der Waals surface area (Å²) in [5.41, 5.74) is 2.08. The quantitative estimate of drug-likeness (QED) is 0.375. The van der Waals surface area contributed by atoms with Crippen LogP contribution in [-0.2, 0) is 27.2 Å². The van der Waals surface area contributed by atoms with E-state index >= 15 is 0 Å². The molecule has 0 heterocycles. The summed E-state index contributed by atoms with van der Waals surface area (Å²) in [6.07, 6.45) is 0.808. The van der Waals surface area contributed by atoms with Gasteiger partial charge < -0.3 is 14.2 Å². The van der Waals surface area contributed by atoms with Gasteiger partial charge in [-0.15, -0.1) is 0 Å². The Kier molecular flexibility index (Phi) is 8.02. The Labute approximate surface area is 166 Å². The lowest BCUT2D eigenvalue weighted by molar-refractivity contribution is -0.158. The third-order valence-electron chi connectivity index (χ3n) is 4.23. The average Bonchev–Trinajstić information content (AvgIpc) is 2.66. The number of rotatable bonds is 9. The highest BCUT2D eigenvalue weighted by molar-refractivity contribution is 5.74. The maximum Gasteiger partial charge on any atom is 0.316 e. The molecule has 0 radical (unpaired) electrons. The molecule has 0 saturated heterocycles. The number of hydrogen-bond donors (Lipinski definition) is 0. The molecule has 0 aliphatic carbocycles. The van der Waals surface area contributed by atoms with E-state index in [0.29, 0.717) is 5.75 Å². The first-order valence-electron chi connectivity index (χ1n) is 9.14. The predicted octanol–water partition coefficient (Wildman–Crippen LogP) is 3.23.